The standard InChI is InChI=1S/C20H25N5/c1-2-11-24(13-16-4-3-5-18-17(16)9-10-21-18)19(6-1)20-23-22-14-25(20)12-15-7-8-15/h3-5,9-10,14-15,19,21H,1-2,6-8,11-13H2/t19-/m1/s1. The van der Waals surface area contributed by atoms with Gasteiger partial charge in [0.2, 0.25) is 0 Å². The molecule has 1 saturated carbocycles. The predicted octanol–water partition coefficient (Wildman–Crippen LogP) is 3.90. The minimum Gasteiger partial charge on any atom is -0.361 e. The number of rotatable bonds is 5. The lowest BCUT2D eigenvalue weighted by Gasteiger charge is -2.35. The number of likely N-dealkylation sites (tertiary alicyclic amines) is 1. The average Bonchev–Trinajstić information content (AvgIpc) is 3.12. The highest BCUT2D eigenvalue weighted by molar-refractivity contribution is 5.82. The van der Waals surface area contributed by atoms with Crippen LogP contribution in [0.3, 0.4) is 0 Å². The molecule has 2 fully saturated rings. The van der Waals surface area contributed by atoms with Crippen LogP contribution in [0, 0.1) is 5.92 Å². The average molecular weight is 335 g/mol. The maximum absolute atomic E-state index is 4.53. The minimum atomic E-state index is 0.393. The van der Waals surface area contributed by atoms with Crippen molar-refractivity contribution >= 4 is 10.9 Å². The molecule has 1 saturated heterocycles. The number of aromatic amines is 1. The third kappa shape index (κ3) is 2.97. The summed E-state index contributed by atoms with van der Waals surface area (Å²) in [6, 6.07) is 9.15. The van der Waals surface area contributed by atoms with E-state index in [9.17, 15) is 0 Å². The summed E-state index contributed by atoms with van der Waals surface area (Å²) in [4.78, 5) is 5.94. The molecule has 2 aromatic heterocycles. The van der Waals surface area contributed by atoms with Gasteiger partial charge in [-0.2, -0.15) is 0 Å². The van der Waals surface area contributed by atoms with E-state index in [4.69, 9.17) is 0 Å². The highest BCUT2D eigenvalue weighted by atomic mass is 15.3. The lowest BCUT2D eigenvalue weighted by molar-refractivity contribution is 0.130. The summed E-state index contributed by atoms with van der Waals surface area (Å²) in [6.07, 6.45) is 10.4. The SMILES string of the molecule is c1cc(CN2CCCC[C@@H]2c2nncn2CC2CC2)c2cc[nH]c2c1. The van der Waals surface area contributed by atoms with Crippen molar-refractivity contribution < 1.29 is 0 Å². The Hall–Kier alpha value is -2.14. The number of hydrogen-bond acceptors (Lipinski definition) is 3. The molecule has 5 heteroatoms. The molecule has 3 aromatic rings. The van der Waals surface area contributed by atoms with Gasteiger partial charge >= 0.3 is 0 Å². The van der Waals surface area contributed by atoms with Gasteiger partial charge in [-0.15, -0.1) is 10.2 Å². The van der Waals surface area contributed by atoms with Crippen molar-refractivity contribution in [2.24, 2.45) is 5.92 Å². The Bertz CT molecular complexity index is 860. The van der Waals surface area contributed by atoms with Crippen molar-refractivity contribution in [3.05, 3.63) is 48.2 Å². The quantitative estimate of drug-likeness (QED) is 0.769. The molecular formula is C20H25N5. The van der Waals surface area contributed by atoms with Crippen LogP contribution in [0.5, 0.6) is 0 Å². The molecule has 0 radical (unpaired) electrons. The molecule has 5 rings (SSSR count). The number of hydrogen-bond donors (Lipinski definition) is 1. The fourth-order valence-corrected chi connectivity index (χ4v) is 4.22. The number of H-pyrrole nitrogens is 1. The second-order valence-electron chi connectivity index (χ2n) is 7.62. The zero-order valence-electron chi connectivity index (χ0n) is 14.6. The van der Waals surface area contributed by atoms with E-state index in [0.29, 0.717) is 6.04 Å². The van der Waals surface area contributed by atoms with Crippen LogP contribution in [0.25, 0.3) is 10.9 Å². The minimum absolute atomic E-state index is 0.393. The van der Waals surface area contributed by atoms with Crippen LogP contribution in [0.1, 0.15) is 49.5 Å². The topological polar surface area (TPSA) is 49.7 Å². The van der Waals surface area contributed by atoms with Gasteiger partial charge in [-0.05, 0) is 55.8 Å². The molecule has 1 aliphatic carbocycles. The first kappa shape index (κ1) is 15.1. The van der Waals surface area contributed by atoms with E-state index >= 15 is 0 Å². The Balaban J connectivity index is 1.43. The normalized spacial score (nSPS) is 21.8. The Kier molecular flexibility index (Phi) is 3.82. The second kappa shape index (κ2) is 6.30. The molecule has 3 heterocycles. The van der Waals surface area contributed by atoms with E-state index in [0.717, 1.165) is 25.6 Å². The highest BCUT2D eigenvalue weighted by Gasteiger charge is 2.30. The molecule has 0 unspecified atom stereocenters. The smallest absolute Gasteiger partial charge is 0.150 e. The third-order valence-electron chi connectivity index (χ3n) is 5.77. The first-order chi connectivity index (χ1) is 12.4. The fourth-order valence-electron chi connectivity index (χ4n) is 4.22. The van der Waals surface area contributed by atoms with E-state index < -0.39 is 0 Å². The van der Waals surface area contributed by atoms with Gasteiger partial charge < -0.3 is 9.55 Å². The zero-order valence-corrected chi connectivity index (χ0v) is 14.6. The summed E-state index contributed by atoms with van der Waals surface area (Å²) >= 11 is 0. The van der Waals surface area contributed by atoms with E-state index in [1.54, 1.807) is 0 Å². The molecule has 1 atom stereocenters. The van der Waals surface area contributed by atoms with Gasteiger partial charge in [-0.25, -0.2) is 0 Å². The summed E-state index contributed by atoms with van der Waals surface area (Å²) in [5.74, 6) is 2.02. The number of piperidine rings is 1. The van der Waals surface area contributed by atoms with E-state index in [-0.39, 0.29) is 0 Å². The Morgan fingerprint density at radius 2 is 2.08 bits per heavy atom. The molecule has 1 N–H and O–H groups in total. The van der Waals surface area contributed by atoms with Gasteiger partial charge in [0.15, 0.2) is 0 Å². The van der Waals surface area contributed by atoms with Crippen LogP contribution in [-0.2, 0) is 13.1 Å². The highest BCUT2D eigenvalue weighted by Crippen LogP contribution is 2.35. The summed E-state index contributed by atoms with van der Waals surface area (Å²) in [7, 11) is 0. The van der Waals surface area contributed by atoms with Crippen LogP contribution >= 0.6 is 0 Å². The van der Waals surface area contributed by atoms with E-state index in [2.05, 4.69) is 48.9 Å². The number of fused-ring (bicyclic) bond motifs is 1. The number of aromatic nitrogens is 4. The van der Waals surface area contributed by atoms with Gasteiger partial charge in [-0.3, -0.25) is 4.90 Å². The largest absolute Gasteiger partial charge is 0.361 e. The Morgan fingerprint density at radius 1 is 1.12 bits per heavy atom. The predicted molar refractivity (Wildman–Crippen MR) is 98.0 cm³/mol. The fraction of sp³-hybridized carbons (Fsp3) is 0.500. The zero-order chi connectivity index (χ0) is 16.6. The lowest BCUT2D eigenvalue weighted by atomic mass is 9.99. The molecule has 2 aliphatic rings. The molecule has 25 heavy (non-hydrogen) atoms. The van der Waals surface area contributed by atoms with E-state index in [1.165, 1.54) is 54.4 Å². The maximum Gasteiger partial charge on any atom is 0.150 e. The molecule has 5 nitrogen and oxygen atoms in total. The molecule has 1 aromatic carbocycles. The number of benzene rings is 1. The number of nitrogens with zero attached hydrogens (tertiary/aromatic N) is 4. The first-order valence-electron chi connectivity index (χ1n) is 9.55. The molecular weight excluding hydrogens is 310 g/mol. The number of nitrogens with one attached hydrogen (secondary N) is 1. The monoisotopic (exact) mass is 335 g/mol. The molecule has 1 aliphatic heterocycles. The summed E-state index contributed by atoms with van der Waals surface area (Å²) < 4.78 is 2.32. The lowest BCUT2D eigenvalue weighted by Crippen LogP contribution is -2.34. The Morgan fingerprint density at radius 3 is 3.00 bits per heavy atom. The van der Waals surface area contributed by atoms with Crippen molar-refractivity contribution in [1.29, 1.82) is 0 Å². The van der Waals surface area contributed by atoms with Gasteiger partial charge in [-0.1, -0.05) is 18.6 Å². The molecule has 130 valence electrons. The summed E-state index contributed by atoms with van der Waals surface area (Å²) in [5.41, 5.74) is 2.63. The van der Waals surface area contributed by atoms with Crippen molar-refractivity contribution in [2.75, 3.05) is 6.54 Å². The first-order valence-corrected chi connectivity index (χ1v) is 9.55. The van der Waals surface area contributed by atoms with Gasteiger partial charge in [0, 0.05) is 30.2 Å². The van der Waals surface area contributed by atoms with Crippen LogP contribution in [-0.4, -0.2) is 31.2 Å². The van der Waals surface area contributed by atoms with Crippen LogP contribution in [0.4, 0.5) is 0 Å². The van der Waals surface area contributed by atoms with E-state index in [1.807, 2.05) is 12.5 Å². The summed E-state index contributed by atoms with van der Waals surface area (Å²) in [6.45, 7) is 3.22. The Labute approximate surface area is 148 Å². The van der Waals surface area contributed by atoms with Crippen molar-refractivity contribution in [3.8, 4) is 0 Å². The van der Waals surface area contributed by atoms with Gasteiger partial charge in [0.05, 0.1) is 6.04 Å². The summed E-state index contributed by atoms with van der Waals surface area (Å²) in [5, 5.41) is 10.1. The molecule has 0 amide bonds. The van der Waals surface area contributed by atoms with Gasteiger partial charge in [0.1, 0.15) is 12.2 Å². The third-order valence-corrected chi connectivity index (χ3v) is 5.77. The maximum atomic E-state index is 4.53. The second-order valence-corrected chi connectivity index (χ2v) is 7.62. The van der Waals surface area contributed by atoms with Crippen molar-refractivity contribution in [2.45, 2.75) is 51.2 Å². The van der Waals surface area contributed by atoms with Crippen LogP contribution in [0.15, 0.2) is 36.8 Å². The van der Waals surface area contributed by atoms with Crippen molar-refractivity contribution in [3.63, 3.8) is 0 Å². The van der Waals surface area contributed by atoms with Crippen molar-refractivity contribution in [1.82, 2.24) is 24.6 Å². The van der Waals surface area contributed by atoms with Crippen LogP contribution < -0.4 is 0 Å². The molecule has 0 spiro atoms. The van der Waals surface area contributed by atoms with Gasteiger partial charge in [0.25, 0.3) is 0 Å². The molecule has 0 bridgehead atoms. The van der Waals surface area contributed by atoms with Crippen LogP contribution in [0.2, 0.25) is 0 Å².